The average Bonchev–Trinajstić information content (AvgIpc) is 3.05. The van der Waals surface area contributed by atoms with Gasteiger partial charge in [-0.1, -0.05) is 36.1 Å². The Morgan fingerprint density at radius 2 is 1.83 bits per heavy atom. The third-order valence-electron chi connectivity index (χ3n) is 3.87. The lowest BCUT2D eigenvalue weighted by Gasteiger charge is -2.08. The second-order valence-electron chi connectivity index (χ2n) is 6.06. The maximum Gasteiger partial charge on any atom is 0.338 e. The second kappa shape index (κ2) is 10.0. The van der Waals surface area contributed by atoms with Gasteiger partial charge in [-0.05, 0) is 55.0 Å². The van der Waals surface area contributed by atoms with Crippen molar-refractivity contribution in [3.05, 3.63) is 64.6 Å². The minimum Gasteiger partial charge on any atom is -0.484 e. The molecule has 0 spiro atoms. The molecule has 1 saturated heterocycles. The number of hydrogen-bond acceptors (Lipinski definition) is 7. The number of anilines is 1. The lowest BCUT2D eigenvalue weighted by atomic mass is 10.2. The summed E-state index contributed by atoms with van der Waals surface area (Å²) < 4.78 is 10.8. The first-order chi connectivity index (χ1) is 14.4. The number of esters is 1. The largest absolute Gasteiger partial charge is 0.484 e. The number of thioether (sulfide) groups is 1. The number of thiocarbonyl (C=S) groups is 1. The summed E-state index contributed by atoms with van der Waals surface area (Å²) in [6.07, 6.45) is 1.73. The van der Waals surface area contributed by atoms with E-state index in [1.54, 1.807) is 61.5 Å². The van der Waals surface area contributed by atoms with Crippen molar-refractivity contribution in [1.82, 2.24) is 5.32 Å². The van der Waals surface area contributed by atoms with E-state index in [2.05, 4.69) is 10.6 Å². The number of carbonyl (C=O) groups excluding carboxylic acids is 3. The molecule has 2 aromatic rings. The third kappa shape index (κ3) is 5.91. The van der Waals surface area contributed by atoms with E-state index in [1.807, 2.05) is 0 Å². The molecule has 0 aromatic heterocycles. The number of carbonyl (C=O) groups is 3. The van der Waals surface area contributed by atoms with Gasteiger partial charge in [0.15, 0.2) is 6.61 Å². The Balaban J connectivity index is 1.50. The predicted octanol–water partition coefficient (Wildman–Crippen LogP) is 3.37. The van der Waals surface area contributed by atoms with Crippen molar-refractivity contribution in [3.8, 4) is 5.75 Å². The Kier molecular flexibility index (Phi) is 7.21. The standard InChI is InChI=1S/C21H18N2O5S2/c1-2-27-20(26)14-5-7-15(8-6-14)22-18(24)12-28-16-9-3-13(4-10-16)11-17-19(25)23-21(29)30-17/h3-11H,2,12H2,1H3,(H,22,24)(H,23,25,29)/b17-11-. The number of ether oxygens (including phenoxy) is 2. The van der Waals surface area contributed by atoms with Crippen molar-refractivity contribution < 1.29 is 23.9 Å². The van der Waals surface area contributed by atoms with Crippen LogP contribution in [0.1, 0.15) is 22.8 Å². The lowest BCUT2D eigenvalue weighted by Crippen LogP contribution is -2.20. The molecule has 0 aliphatic carbocycles. The van der Waals surface area contributed by atoms with Gasteiger partial charge in [0, 0.05) is 5.69 Å². The Morgan fingerprint density at radius 1 is 1.13 bits per heavy atom. The first-order valence-corrected chi connectivity index (χ1v) is 10.2. The number of hydrogen-bond donors (Lipinski definition) is 2. The lowest BCUT2D eigenvalue weighted by molar-refractivity contribution is -0.118. The first kappa shape index (κ1) is 21.5. The topological polar surface area (TPSA) is 93.7 Å². The molecule has 0 saturated carbocycles. The molecular weight excluding hydrogens is 424 g/mol. The van der Waals surface area contributed by atoms with E-state index >= 15 is 0 Å². The minimum atomic E-state index is -0.410. The van der Waals surface area contributed by atoms with E-state index in [-0.39, 0.29) is 18.4 Å². The van der Waals surface area contributed by atoms with Gasteiger partial charge in [-0.15, -0.1) is 0 Å². The van der Waals surface area contributed by atoms with Crippen molar-refractivity contribution in [2.75, 3.05) is 18.5 Å². The van der Waals surface area contributed by atoms with Crippen molar-refractivity contribution in [3.63, 3.8) is 0 Å². The van der Waals surface area contributed by atoms with E-state index in [0.717, 1.165) is 5.56 Å². The zero-order valence-corrected chi connectivity index (χ0v) is 17.6. The number of nitrogens with one attached hydrogen (secondary N) is 2. The second-order valence-corrected chi connectivity index (χ2v) is 7.77. The monoisotopic (exact) mass is 442 g/mol. The summed E-state index contributed by atoms with van der Waals surface area (Å²) in [7, 11) is 0. The van der Waals surface area contributed by atoms with Crippen molar-refractivity contribution in [2.24, 2.45) is 0 Å². The molecule has 1 aliphatic heterocycles. The molecular formula is C21H18N2O5S2. The van der Waals surface area contributed by atoms with Gasteiger partial charge in [-0.3, -0.25) is 9.59 Å². The third-order valence-corrected chi connectivity index (χ3v) is 5.03. The molecule has 0 radical (unpaired) electrons. The van der Waals surface area contributed by atoms with E-state index < -0.39 is 5.97 Å². The van der Waals surface area contributed by atoms with Crippen LogP contribution in [-0.4, -0.2) is 35.3 Å². The van der Waals surface area contributed by atoms with Gasteiger partial charge < -0.3 is 20.1 Å². The van der Waals surface area contributed by atoms with Crippen molar-refractivity contribution >= 4 is 57.8 Å². The summed E-state index contributed by atoms with van der Waals surface area (Å²) in [5, 5.41) is 5.25. The van der Waals surface area contributed by atoms with Crippen LogP contribution in [0.3, 0.4) is 0 Å². The highest BCUT2D eigenvalue weighted by atomic mass is 32.2. The van der Waals surface area contributed by atoms with Crippen LogP contribution in [0, 0.1) is 0 Å². The van der Waals surface area contributed by atoms with Crippen LogP contribution in [0.2, 0.25) is 0 Å². The summed E-state index contributed by atoms with van der Waals surface area (Å²) in [4.78, 5) is 35.9. The normalized spacial score (nSPS) is 14.4. The summed E-state index contributed by atoms with van der Waals surface area (Å²) in [6.45, 7) is 1.86. The van der Waals surface area contributed by atoms with E-state index in [1.165, 1.54) is 11.8 Å². The van der Waals surface area contributed by atoms with Crippen LogP contribution in [0.25, 0.3) is 6.08 Å². The maximum atomic E-state index is 12.1. The zero-order chi connectivity index (χ0) is 21.5. The van der Waals surface area contributed by atoms with Crippen LogP contribution in [0.4, 0.5) is 5.69 Å². The van der Waals surface area contributed by atoms with Crippen molar-refractivity contribution in [2.45, 2.75) is 6.92 Å². The molecule has 1 aliphatic rings. The molecule has 1 fully saturated rings. The van der Waals surface area contributed by atoms with Crippen LogP contribution < -0.4 is 15.4 Å². The van der Waals surface area contributed by atoms with Gasteiger partial charge in [0.25, 0.3) is 11.8 Å². The van der Waals surface area contributed by atoms with Gasteiger partial charge in [0.2, 0.25) is 0 Å². The molecule has 0 unspecified atom stereocenters. The Morgan fingerprint density at radius 3 is 2.43 bits per heavy atom. The molecule has 1 heterocycles. The SMILES string of the molecule is CCOC(=O)c1ccc(NC(=O)COc2ccc(/C=C3\SC(=S)NC3=O)cc2)cc1. The summed E-state index contributed by atoms with van der Waals surface area (Å²) in [6, 6.07) is 13.4. The molecule has 30 heavy (non-hydrogen) atoms. The highest BCUT2D eigenvalue weighted by Crippen LogP contribution is 2.26. The van der Waals surface area contributed by atoms with Crippen LogP contribution in [0.5, 0.6) is 5.75 Å². The van der Waals surface area contributed by atoms with Crippen LogP contribution >= 0.6 is 24.0 Å². The van der Waals surface area contributed by atoms with Crippen LogP contribution in [-0.2, 0) is 14.3 Å². The number of amides is 2. The van der Waals surface area contributed by atoms with Gasteiger partial charge in [0.05, 0.1) is 17.1 Å². The fourth-order valence-electron chi connectivity index (χ4n) is 2.48. The number of benzene rings is 2. The van der Waals surface area contributed by atoms with Crippen molar-refractivity contribution in [1.29, 1.82) is 0 Å². The van der Waals surface area contributed by atoms with Gasteiger partial charge in [-0.2, -0.15) is 0 Å². The molecule has 0 bridgehead atoms. The molecule has 3 rings (SSSR count). The Hall–Kier alpha value is -3.17. The fourth-order valence-corrected chi connectivity index (χ4v) is 3.53. The quantitative estimate of drug-likeness (QED) is 0.386. The number of rotatable bonds is 7. The fraction of sp³-hybridized carbons (Fsp3) is 0.143. The maximum absolute atomic E-state index is 12.1. The highest BCUT2D eigenvalue weighted by molar-refractivity contribution is 8.26. The Bertz CT molecular complexity index is 1000. The molecule has 2 N–H and O–H groups in total. The van der Waals surface area contributed by atoms with Gasteiger partial charge in [0.1, 0.15) is 10.1 Å². The molecule has 154 valence electrons. The van der Waals surface area contributed by atoms with Gasteiger partial charge in [-0.25, -0.2) is 4.79 Å². The molecule has 0 atom stereocenters. The summed E-state index contributed by atoms with van der Waals surface area (Å²) >= 11 is 6.17. The minimum absolute atomic E-state index is 0.174. The predicted molar refractivity (Wildman–Crippen MR) is 119 cm³/mol. The molecule has 2 amide bonds. The average molecular weight is 443 g/mol. The van der Waals surface area contributed by atoms with Gasteiger partial charge >= 0.3 is 5.97 Å². The summed E-state index contributed by atoms with van der Waals surface area (Å²) in [5.74, 6) is -0.438. The molecule has 9 heteroatoms. The smallest absolute Gasteiger partial charge is 0.338 e. The van der Waals surface area contributed by atoms with E-state index in [0.29, 0.717) is 32.8 Å². The summed E-state index contributed by atoms with van der Waals surface area (Å²) in [5.41, 5.74) is 1.77. The molecule has 2 aromatic carbocycles. The Labute approximate surface area is 182 Å². The zero-order valence-electron chi connectivity index (χ0n) is 16.0. The first-order valence-electron chi connectivity index (χ1n) is 8.99. The van der Waals surface area contributed by atoms with Crippen LogP contribution in [0.15, 0.2) is 53.4 Å². The van der Waals surface area contributed by atoms with E-state index in [9.17, 15) is 14.4 Å². The molecule has 7 nitrogen and oxygen atoms in total. The van der Waals surface area contributed by atoms with E-state index in [4.69, 9.17) is 21.7 Å². The highest BCUT2D eigenvalue weighted by Gasteiger charge is 2.21.